The van der Waals surface area contributed by atoms with Crippen molar-refractivity contribution in [2.75, 3.05) is 31.5 Å². The minimum atomic E-state index is -0.0599. The van der Waals surface area contributed by atoms with Gasteiger partial charge < -0.3 is 10.2 Å². The number of rotatable bonds is 4. The van der Waals surface area contributed by atoms with E-state index in [-0.39, 0.29) is 6.03 Å². The highest BCUT2D eigenvalue weighted by Gasteiger charge is 2.22. The standard InChI is InChI=1S/C20H23N7O/c1-16-7-9-18(10-8-16)27-19(22-23-24-27)15-25-11-13-26(14-12-25)20(28)21-17-5-3-2-4-6-17/h2-10H,11-15H2,1H3,(H,21,28). The monoisotopic (exact) mass is 377 g/mol. The predicted molar refractivity (Wildman–Crippen MR) is 106 cm³/mol. The molecule has 2 amide bonds. The number of anilines is 1. The summed E-state index contributed by atoms with van der Waals surface area (Å²) in [6, 6.07) is 17.6. The number of amides is 2. The van der Waals surface area contributed by atoms with Crippen molar-refractivity contribution < 1.29 is 4.79 Å². The number of nitrogens with one attached hydrogen (secondary N) is 1. The number of hydrogen-bond donors (Lipinski definition) is 1. The molecule has 1 aliphatic heterocycles. The molecular formula is C20H23N7O. The van der Waals surface area contributed by atoms with E-state index in [0.717, 1.165) is 30.3 Å². The molecule has 3 aromatic rings. The minimum absolute atomic E-state index is 0.0599. The highest BCUT2D eigenvalue weighted by Crippen LogP contribution is 2.13. The number of hydrogen-bond acceptors (Lipinski definition) is 5. The second-order valence-electron chi connectivity index (χ2n) is 6.90. The van der Waals surface area contributed by atoms with Gasteiger partial charge in [0.2, 0.25) is 0 Å². The quantitative estimate of drug-likeness (QED) is 0.755. The summed E-state index contributed by atoms with van der Waals surface area (Å²) in [5, 5.41) is 15.1. The van der Waals surface area contributed by atoms with Crippen molar-refractivity contribution in [1.29, 1.82) is 0 Å². The van der Waals surface area contributed by atoms with Crippen molar-refractivity contribution in [1.82, 2.24) is 30.0 Å². The molecule has 1 aliphatic rings. The molecule has 0 unspecified atom stereocenters. The van der Waals surface area contributed by atoms with Crippen molar-refractivity contribution >= 4 is 11.7 Å². The van der Waals surface area contributed by atoms with Crippen LogP contribution in [-0.2, 0) is 6.54 Å². The molecule has 0 spiro atoms. The Balaban J connectivity index is 1.33. The Kier molecular flexibility index (Phi) is 5.29. The van der Waals surface area contributed by atoms with Gasteiger partial charge >= 0.3 is 6.03 Å². The molecule has 2 aromatic carbocycles. The third-order valence-corrected chi connectivity index (χ3v) is 4.86. The Labute approximate surface area is 163 Å². The smallest absolute Gasteiger partial charge is 0.321 e. The zero-order valence-electron chi connectivity index (χ0n) is 15.8. The molecule has 0 saturated carbocycles. The molecule has 2 heterocycles. The first-order valence-electron chi connectivity index (χ1n) is 9.37. The lowest BCUT2D eigenvalue weighted by molar-refractivity contribution is 0.140. The maximum Gasteiger partial charge on any atom is 0.321 e. The predicted octanol–water partition coefficient (Wildman–Crippen LogP) is 2.32. The SMILES string of the molecule is Cc1ccc(-n2nnnc2CN2CCN(C(=O)Nc3ccccc3)CC2)cc1. The van der Waals surface area contributed by atoms with Gasteiger partial charge in [0, 0.05) is 31.9 Å². The summed E-state index contributed by atoms with van der Waals surface area (Å²) in [5.41, 5.74) is 2.96. The van der Waals surface area contributed by atoms with Gasteiger partial charge in [0.05, 0.1) is 12.2 Å². The Hall–Kier alpha value is -3.26. The van der Waals surface area contributed by atoms with Crippen molar-refractivity contribution in [2.45, 2.75) is 13.5 Å². The van der Waals surface area contributed by atoms with Gasteiger partial charge in [-0.15, -0.1) is 5.10 Å². The molecule has 28 heavy (non-hydrogen) atoms. The number of benzene rings is 2. The Morgan fingerprint density at radius 3 is 2.43 bits per heavy atom. The zero-order valence-corrected chi connectivity index (χ0v) is 15.8. The van der Waals surface area contributed by atoms with Crippen molar-refractivity contribution in [3.8, 4) is 5.69 Å². The first-order valence-corrected chi connectivity index (χ1v) is 9.37. The van der Waals surface area contributed by atoms with Gasteiger partial charge in [0.1, 0.15) is 0 Å². The van der Waals surface area contributed by atoms with Gasteiger partial charge in [-0.3, -0.25) is 4.90 Å². The first kappa shape index (κ1) is 18.1. The van der Waals surface area contributed by atoms with Gasteiger partial charge in [0.25, 0.3) is 0 Å². The third-order valence-electron chi connectivity index (χ3n) is 4.86. The second-order valence-corrected chi connectivity index (χ2v) is 6.90. The number of urea groups is 1. The van der Waals surface area contributed by atoms with Crippen molar-refractivity contribution in [3.05, 3.63) is 66.0 Å². The van der Waals surface area contributed by atoms with E-state index in [9.17, 15) is 4.79 Å². The molecular weight excluding hydrogens is 354 g/mol. The Bertz CT molecular complexity index is 915. The molecule has 0 atom stereocenters. The maximum atomic E-state index is 12.4. The Morgan fingerprint density at radius 2 is 1.71 bits per heavy atom. The van der Waals surface area contributed by atoms with Gasteiger partial charge in [-0.05, 0) is 41.6 Å². The van der Waals surface area contributed by atoms with Crippen LogP contribution in [0.15, 0.2) is 54.6 Å². The lowest BCUT2D eigenvalue weighted by Gasteiger charge is -2.34. The molecule has 0 bridgehead atoms. The van der Waals surface area contributed by atoms with Crippen LogP contribution >= 0.6 is 0 Å². The largest absolute Gasteiger partial charge is 0.322 e. The maximum absolute atomic E-state index is 12.4. The van der Waals surface area contributed by atoms with E-state index in [2.05, 4.69) is 32.7 Å². The number of nitrogens with zero attached hydrogens (tertiary/aromatic N) is 6. The van der Waals surface area contributed by atoms with Crippen molar-refractivity contribution in [2.24, 2.45) is 0 Å². The summed E-state index contributed by atoms with van der Waals surface area (Å²) in [6.45, 7) is 5.61. The molecule has 4 rings (SSSR count). The van der Waals surface area contributed by atoms with E-state index in [1.54, 1.807) is 4.68 Å². The molecule has 8 nitrogen and oxygen atoms in total. The lowest BCUT2D eigenvalue weighted by atomic mass is 10.2. The number of tetrazole rings is 1. The van der Waals surface area contributed by atoms with E-state index in [0.29, 0.717) is 19.6 Å². The van der Waals surface area contributed by atoms with Gasteiger partial charge in [-0.2, -0.15) is 4.68 Å². The van der Waals surface area contributed by atoms with Crippen molar-refractivity contribution in [3.63, 3.8) is 0 Å². The highest BCUT2D eigenvalue weighted by molar-refractivity contribution is 5.89. The van der Waals surface area contributed by atoms with Gasteiger partial charge in [-0.25, -0.2) is 4.79 Å². The van der Waals surface area contributed by atoms with Crippen LogP contribution < -0.4 is 5.32 Å². The van der Waals surface area contributed by atoms with Crippen LogP contribution in [0.3, 0.4) is 0 Å². The van der Waals surface area contributed by atoms with E-state index in [4.69, 9.17) is 0 Å². The van der Waals surface area contributed by atoms with Gasteiger partial charge in [0.15, 0.2) is 5.82 Å². The van der Waals surface area contributed by atoms with E-state index in [1.807, 2.05) is 59.5 Å². The van der Waals surface area contributed by atoms with E-state index >= 15 is 0 Å². The van der Waals surface area contributed by atoms with Crippen LogP contribution in [0.5, 0.6) is 0 Å². The molecule has 1 fully saturated rings. The number of aromatic nitrogens is 4. The highest BCUT2D eigenvalue weighted by atomic mass is 16.2. The van der Waals surface area contributed by atoms with Crippen LogP contribution in [-0.4, -0.2) is 62.2 Å². The molecule has 1 N–H and O–H groups in total. The average Bonchev–Trinajstić information content (AvgIpc) is 3.18. The average molecular weight is 377 g/mol. The fraction of sp³-hybridized carbons (Fsp3) is 0.300. The summed E-state index contributed by atoms with van der Waals surface area (Å²) >= 11 is 0. The second kappa shape index (κ2) is 8.18. The number of piperazine rings is 1. The summed E-state index contributed by atoms with van der Waals surface area (Å²) in [7, 11) is 0. The summed E-state index contributed by atoms with van der Waals surface area (Å²) in [5.74, 6) is 0.797. The van der Waals surface area contributed by atoms with Crippen LogP contribution in [0.1, 0.15) is 11.4 Å². The number of para-hydroxylation sites is 1. The van der Waals surface area contributed by atoms with Crippen LogP contribution in [0.4, 0.5) is 10.5 Å². The van der Waals surface area contributed by atoms with Crippen LogP contribution in [0, 0.1) is 6.92 Å². The van der Waals surface area contributed by atoms with E-state index < -0.39 is 0 Å². The zero-order chi connectivity index (χ0) is 19.3. The molecule has 144 valence electrons. The number of carbonyl (C=O) groups excluding carboxylic acids is 1. The third kappa shape index (κ3) is 4.17. The van der Waals surface area contributed by atoms with Gasteiger partial charge in [-0.1, -0.05) is 35.9 Å². The van der Waals surface area contributed by atoms with E-state index in [1.165, 1.54) is 5.56 Å². The molecule has 0 radical (unpaired) electrons. The molecule has 1 saturated heterocycles. The summed E-state index contributed by atoms with van der Waals surface area (Å²) in [6.07, 6.45) is 0. The lowest BCUT2D eigenvalue weighted by Crippen LogP contribution is -2.49. The normalized spacial score (nSPS) is 14.8. The fourth-order valence-electron chi connectivity index (χ4n) is 3.22. The topological polar surface area (TPSA) is 79.2 Å². The molecule has 0 aliphatic carbocycles. The summed E-state index contributed by atoms with van der Waals surface area (Å²) in [4.78, 5) is 16.5. The van der Waals surface area contributed by atoms with Crippen LogP contribution in [0.25, 0.3) is 5.69 Å². The first-order chi connectivity index (χ1) is 13.7. The summed E-state index contributed by atoms with van der Waals surface area (Å²) < 4.78 is 1.77. The number of aryl methyl sites for hydroxylation is 1. The molecule has 8 heteroatoms. The fourth-order valence-corrected chi connectivity index (χ4v) is 3.22. The van der Waals surface area contributed by atoms with Crippen LogP contribution in [0.2, 0.25) is 0 Å². The minimum Gasteiger partial charge on any atom is -0.322 e. The Morgan fingerprint density at radius 1 is 1.00 bits per heavy atom. The number of carbonyl (C=O) groups is 1. The molecule has 1 aromatic heterocycles.